The Labute approximate surface area is 103 Å². The second-order valence-electron chi connectivity index (χ2n) is 3.87. The molecule has 0 bridgehead atoms. The molecule has 0 aromatic heterocycles. The number of hydrogen-bond acceptors (Lipinski definition) is 5. The molecule has 0 heterocycles. The minimum absolute atomic E-state index is 0.0109. The van der Waals surface area contributed by atoms with Crippen LogP contribution in [0.15, 0.2) is 0 Å². The van der Waals surface area contributed by atoms with Crippen LogP contribution in [-0.2, 0) is 19.1 Å². The smallest absolute Gasteiger partial charge is 0.323 e. The third-order valence-electron chi connectivity index (χ3n) is 2.51. The van der Waals surface area contributed by atoms with Crippen molar-refractivity contribution >= 4 is 11.9 Å². The van der Waals surface area contributed by atoms with Crippen LogP contribution in [0.1, 0.15) is 39.0 Å². The minimum Gasteiger partial charge on any atom is -0.469 e. The van der Waals surface area contributed by atoms with Gasteiger partial charge in [0.25, 0.3) is 0 Å². The van der Waals surface area contributed by atoms with E-state index in [0.717, 1.165) is 12.8 Å². The summed E-state index contributed by atoms with van der Waals surface area (Å²) in [6, 6.07) is -0.603. The number of carbonyl (C=O) groups excluding carboxylic acids is 2. The van der Waals surface area contributed by atoms with Gasteiger partial charge in [-0.1, -0.05) is 26.2 Å². The molecule has 0 aliphatic heterocycles. The highest BCUT2D eigenvalue weighted by Crippen LogP contribution is 2.01. The van der Waals surface area contributed by atoms with Crippen molar-refractivity contribution in [2.45, 2.75) is 45.1 Å². The average Bonchev–Trinajstić information content (AvgIpc) is 2.35. The number of esters is 2. The van der Waals surface area contributed by atoms with Crippen LogP contribution in [-0.4, -0.2) is 38.7 Å². The molecule has 0 aromatic rings. The Bertz CT molecular complexity index is 231. The van der Waals surface area contributed by atoms with Crippen LogP contribution in [0, 0.1) is 0 Å². The molecule has 1 atom stereocenters. The number of carbonyl (C=O) groups is 2. The summed E-state index contributed by atoms with van der Waals surface area (Å²) >= 11 is 0. The topological polar surface area (TPSA) is 64.6 Å². The quantitative estimate of drug-likeness (QED) is 0.489. The minimum atomic E-state index is -0.603. The van der Waals surface area contributed by atoms with E-state index in [1.807, 2.05) is 0 Å². The molecule has 0 aliphatic carbocycles. The third kappa shape index (κ3) is 7.74. The molecule has 0 rings (SSSR count). The van der Waals surface area contributed by atoms with E-state index < -0.39 is 18.0 Å². The molecule has 1 unspecified atom stereocenters. The van der Waals surface area contributed by atoms with Crippen LogP contribution >= 0.6 is 0 Å². The summed E-state index contributed by atoms with van der Waals surface area (Å²) < 4.78 is 9.16. The molecule has 0 fully saturated rings. The summed E-state index contributed by atoms with van der Waals surface area (Å²) in [6.07, 6.45) is 4.47. The number of methoxy groups -OCH3 is 2. The van der Waals surface area contributed by atoms with Gasteiger partial charge in [-0.2, -0.15) is 0 Å². The molecule has 0 aliphatic rings. The molecule has 100 valence electrons. The maximum atomic E-state index is 11.4. The van der Waals surface area contributed by atoms with Gasteiger partial charge in [0.2, 0.25) is 0 Å². The van der Waals surface area contributed by atoms with Gasteiger partial charge >= 0.3 is 11.9 Å². The lowest BCUT2D eigenvalue weighted by atomic mass is 10.1. The predicted octanol–water partition coefficient (Wildman–Crippen LogP) is 1.26. The summed E-state index contributed by atoms with van der Waals surface area (Å²) in [5.41, 5.74) is 0. The zero-order valence-corrected chi connectivity index (χ0v) is 11.0. The molecular formula is C12H23NO4. The van der Waals surface area contributed by atoms with E-state index in [0.29, 0.717) is 6.54 Å². The molecule has 5 nitrogen and oxygen atoms in total. The Morgan fingerprint density at radius 3 is 2.35 bits per heavy atom. The van der Waals surface area contributed by atoms with E-state index in [2.05, 4.69) is 21.7 Å². The van der Waals surface area contributed by atoms with Crippen LogP contribution in [0.25, 0.3) is 0 Å². The van der Waals surface area contributed by atoms with Crippen LogP contribution in [0.2, 0.25) is 0 Å². The van der Waals surface area contributed by atoms with E-state index in [9.17, 15) is 9.59 Å². The van der Waals surface area contributed by atoms with Crippen molar-refractivity contribution in [1.82, 2.24) is 5.32 Å². The summed E-state index contributed by atoms with van der Waals surface area (Å²) in [4.78, 5) is 22.5. The number of nitrogens with one attached hydrogen (secondary N) is 1. The molecule has 5 heteroatoms. The van der Waals surface area contributed by atoms with Gasteiger partial charge in [0.05, 0.1) is 20.6 Å². The Balaban J connectivity index is 3.94. The van der Waals surface area contributed by atoms with Crippen LogP contribution in [0.3, 0.4) is 0 Å². The van der Waals surface area contributed by atoms with Crippen molar-refractivity contribution in [3.63, 3.8) is 0 Å². The van der Waals surface area contributed by atoms with Crippen molar-refractivity contribution in [3.05, 3.63) is 0 Å². The number of hydrogen-bond donors (Lipinski definition) is 1. The van der Waals surface area contributed by atoms with Gasteiger partial charge in [-0.3, -0.25) is 9.59 Å². The fraction of sp³-hybridized carbons (Fsp3) is 0.833. The largest absolute Gasteiger partial charge is 0.469 e. The third-order valence-corrected chi connectivity index (χ3v) is 2.51. The Morgan fingerprint density at radius 1 is 1.12 bits per heavy atom. The van der Waals surface area contributed by atoms with Gasteiger partial charge in [0.1, 0.15) is 6.04 Å². The molecule has 0 saturated heterocycles. The predicted molar refractivity (Wildman–Crippen MR) is 64.6 cm³/mol. The van der Waals surface area contributed by atoms with Gasteiger partial charge in [-0.15, -0.1) is 0 Å². The van der Waals surface area contributed by atoms with Gasteiger partial charge in [-0.05, 0) is 13.0 Å². The fourth-order valence-corrected chi connectivity index (χ4v) is 1.46. The van der Waals surface area contributed by atoms with E-state index in [4.69, 9.17) is 0 Å². The van der Waals surface area contributed by atoms with Crippen molar-refractivity contribution in [1.29, 1.82) is 0 Å². The molecule has 17 heavy (non-hydrogen) atoms. The van der Waals surface area contributed by atoms with E-state index in [1.165, 1.54) is 27.1 Å². The summed E-state index contributed by atoms with van der Waals surface area (Å²) in [5, 5.41) is 3.02. The Morgan fingerprint density at radius 2 is 1.82 bits per heavy atom. The Kier molecular flexibility index (Phi) is 9.43. The molecule has 0 amide bonds. The van der Waals surface area contributed by atoms with Crippen molar-refractivity contribution < 1.29 is 19.1 Å². The van der Waals surface area contributed by atoms with E-state index in [-0.39, 0.29) is 6.42 Å². The Hall–Kier alpha value is -1.10. The average molecular weight is 245 g/mol. The molecular weight excluding hydrogens is 222 g/mol. The maximum absolute atomic E-state index is 11.4. The highest BCUT2D eigenvalue weighted by atomic mass is 16.5. The number of rotatable bonds is 9. The van der Waals surface area contributed by atoms with Gasteiger partial charge < -0.3 is 14.8 Å². The van der Waals surface area contributed by atoms with Gasteiger partial charge in [-0.25, -0.2) is 0 Å². The first kappa shape index (κ1) is 15.9. The highest BCUT2D eigenvalue weighted by molar-refractivity contribution is 5.82. The molecule has 0 saturated carbocycles. The lowest BCUT2D eigenvalue weighted by Gasteiger charge is -2.15. The van der Waals surface area contributed by atoms with Crippen LogP contribution in [0.5, 0.6) is 0 Å². The molecule has 0 radical (unpaired) electrons. The summed E-state index contributed by atoms with van der Waals surface area (Å²) in [6.45, 7) is 2.85. The first-order chi connectivity index (χ1) is 8.15. The molecule has 1 N–H and O–H groups in total. The zero-order valence-electron chi connectivity index (χ0n) is 11.0. The monoisotopic (exact) mass is 245 g/mol. The zero-order chi connectivity index (χ0) is 13.1. The van der Waals surface area contributed by atoms with Crippen LogP contribution < -0.4 is 5.32 Å². The standard InChI is InChI=1S/C12H23NO4/c1-4-5-6-7-8-13-10(12(15)17-3)9-11(14)16-2/h10,13H,4-9H2,1-3H3. The van der Waals surface area contributed by atoms with Gasteiger partial charge in [0.15, 0.2) is 0 Å². The van der Waals surface area contributed by atoms with E-state index in [1.54, 1.807) is 0 Å². The van der Waals surface area contributed by atoms with Crippen molar-refractivity contribution in [3.8, 4) is 0 Å². The number of ether oxygens (including phenoxy) is 2. The van der Waals surface area contributed by atoms with Crippen molar-refractivity contribution in [2.24, 2.45) is 0 Å². The summed E-state index contributed by atoms with van der Waals surface area (Å²) in [7, 11) is 2.61. The molecule has 0 spiro atoms. The second-order valence-corrected chi connectivity index (χ2v) is 3.87. The normalized spacial score (nSPS) is 11.9. The summed E-state index contributed by atoms with van der Waals surface area (Å²) in [5.74, 6) is -0.840. The van der Waals surface area contributed by atoms with Crippen LogP contribution in [0.4, 0.5) is 0 Å². The maximum Gasteiger partial charge on any atom is 0.323 e. The highest BCUT2D eigenvalue weighted by Gasteiger charge is 2.22. The molecule has 0 aromatic carbocycles. The SMILES string of the molecule is CCCCCCNC(CC(=O)OC)C(=O)OC. The first-order valence-corrected chi connectivity index (χ1v) is 6.03. The lowest BCUT2D eigenvalue weighted by Crippen LogP contribution is -2.40. The number of unbranched alkanes of at least 4 members (excludes halogenated alkanes) is 3. The fourth-order valence-electron chi connectivity index (χ4n) is 1.46. The van der Waals surface area contributed by atoms with Gasteiger partial charge in [0, 0.05) is 0 Å². The van der Waals surface area contributed by atoms with Crippen molar-refractivity contribution in [2.75, 3.05) is 20.8 Å². The van der Waals surface area contributed by atoms with E-state index >= 15 is 0 Å². The second kappa shape index (κ2) is 10.1. The first-order valence-electron chi connectivity index (χ1n) is 6.03. The lowest BCUT2D eigenvalue weighted by molar-refractivity contribution is -0.149.